The molecule has 0 aromatic rings. The predicted molar refractivity (Wildman–Crippen MR) is 50.8 cm³/mol. The fraction of sp³-hybridized carbons (Fsp3) is 0.778. The molecule has 0 spiro atoms. The van der Waals surface area contributed by atoms with Gasteiger partial charge in [-0.05, 0) is 20.8 Å². The van der Waals surface area contributed by atoms with E-state index in [4.69, 9.17) is 0 Å². The lowest BCUT2D eigenvalue weighted by molar-refractivity contribution is -0.133. The van der Waals surface area contributed by atoms with Crippen LogP contribution in [0, 0.1) is 0 Å². The predicted octanol–water partition coefficient (Wildman–Crippen LogP) is 0.242. The van der Waals surface area contributed by atoms with E-state index in [1.807, 2.05) is 13.8 Å². The van der Waals surface area contributed by atoms with E-state index in [0.717, 1.165) is 0 Å². The summed E-state index contributed by atoms with van der Waals surface area (Å²) in [7, 11) is 1.72. The van der Waals surface area contributed by atoms with Gasteiger partial charge in [0.05, 0.1) is 0 Å². The molecule has 0 heterocycles. The second-order valence-corrected chi connectivity index (χ2v) is 2.91. The smallest absolute Gasteiger partial charge is 0.312 e. The monoisotopic (exact) mass is 185 g/mol. The highest BCUT2D eigenvalue weighted by atomic mass is 16.2. The van der Waals surface area contributed by atoms with Crippen molar-refractivity contribution in [2.24, 2.45) is 0 Å². The van der Waals surface area contributed by atoms with Gasteiger partial charge in [-0.2, -0.15) is 0 Å². The molecule has 0 fully saturated rings. The Morgan fingerprint density at radius 3 is 2.23 bits per heavy atom. The molecular formula is C9H17N2O2. The van der Waals surface area contributed by atoms with Crippen molar-refractivity contribution in [2.75, 3.05) is 20.1 Å². The number of likely N-dealkylation sites (N-methyl/N-ethyl adjacent to an activating group) is 2. The van der Waals surface area contributed by atoms with Gasteiger partial charge >= 0.3 is 6.41 Å². The fourth-order valence-electron chi connectivity index (χ4n) is 1.03. The molecule has 0 aliphatic carbocycles. The van der Waals surface area contributed by atoms with Crippen LogP contribution in [0.3, 0.4) is 0 Å². The highest BCUT2D eigenvalue weighted by Gasteiger charge is 2.21. The average molecular weight is 185 g/mol. The van der Waals surface area contributed by atoms with E-state index in [9.17, 15) is 9.59 Å². The van der Waals surface area contributed by atoms with Crippen LogP contribution in [-0.2, 0) is 9.59 Å². The number of carbonyl (C=O) groups is 1. The third kappa shape index (κ3) is 3.05. The van der Waals surface area contributed by atoms with Gasteiger partial charge in [0.25, 0.3) is 0 Å². The van der Waals surface area contributed by atoms with Crippen molar-refractivity contribution < 1.29 is 9.59 Å². The van der Waals surface area contributed by atoms with Crippen molar-refractivity contribution >= 4 is 12.3 Å². The van der Waals surface area contributed by atoms with Gasteiger partial charge in [0.1, 0.15) is 6.04 Å². The van der Waals surface area contributed by atoms with Crippen molar-refractivity contribution in [3.8, 4) is 0 Å². The van der Waals surface area contributed by atoms with E-state index in [1.54, 1.807) is 25.3 Å². The molecule has 0 rings (SSSR count). The number of amides is 2. The SMILES string of the molecule is CCN(C)C(=O)C(C)N([C]=O)CC. The number of hydrogen-bond donors (Lipinski definition) is 0. The van der Waals surface area contributed by atoms with Crippen molar-refractivity contribution in [1.29, 1.82) is 0 Å². The van der Waals surface area contributed by atoms with Gasteiger partial charge < -0.3 is 9.80 Å². The van der Waals surface area contributed by atoms with Gasteiger partial charge in [-0.3, -0.25) is 9.59 Å². The minimum absolute atomic E-state index is 0.0484. The summed E-state index contributed by atoms with van der Waals surface area (Å²) in [6.07, 6.45) is 1.75. The van der Waals surface area contributed by atoms with Gasteiger partial charge in [0, 0.05) is 20.1 Å². The summed E-state index contributed by atoms with van der Waals surface area (Å²) in [5.41, 5.74) is 0. The average Bonchev–Trinajstić information content (AvgIpc) is 2.17. The lowest BCUT2D eigenvalue weighted by Crippen LogP contribution is -2.45. The van der Waals surface area contributed by atoms with Crippen LogP contribution < -0.4 is 0 Å². The Labute approximate surface area is 79.5 Å². The maximum absolute atomic E-state index is 11.5. The number of carbonyl (C=O) groups excluding carboxylic acids is 2. The molecule has 1 unspecified atom stereocenters. The largest absolute Gasteiger partial charge is 0.344 e. The molecular weight excluding hydrogens is 168 g/mol. The molecule has 4 nitrogen and oxygen atoms in total. The van der Waals surface area contributed by atoms with E-state index < -0.39 is 6.04 Å². The zero-order chi connectivity index (χ0) is 10.4. The molecule has 1 atom stereocenters. The third-order valence-corrected chi connectivity index (χ3v) is 2.13. The Kier molecular flexibility index (Phi) is 5.11. The highest BCUT2D eigenvalue weighted by Crippen LogP contribution is 1.99. The zero-order valence-corrected chi connectivity index (χ0v) is 8.70. The van der Waals surface area contributed by atoms with Crippen LogP contribution in [0.25, 0.3) is 0 Å². The first-order valence-corrected chi connectivity index (χ1v) is 4.47. The van der Waals surface area contributed by atoms with E-state index in [1.165, 1.54) is 4.90 Å². The Bertz CT molecular complexity index is 182. The molecule has 4 heteroatoms. The quantitative estimate of drug-likeness (QED) is 0.576. The normalized spacial score (nSPS) is 12.0. The Hall–Kier alpha value is -1.06. The van der Waals surface area contributed by atoms with Crippen molar-refractivity contribution in [2.45, 2.75) is 26.8 Å². The zero-order valence-electron chi connectivity index (χ0n) is 8.70. The fourth-order valence-corrected chi connectivity index (χ4v) is 1.03. The molecule has 0 aromatic heterocycles. The summed E-state index contributed by atoms with van der Waals surface area (Å²) in [5.74, 6) is -0.0484. The number of nitrogens with zero attached hydrogens (tertiary/aromatic N) is 2. The van der Waals surface area contributed by atoms with Crippen LogP contribution >= 0.6 is 0 Å². The van der Waals surface area contributed by atoms with Gasteiger partial charge in [-0.15, -0.1) is 0 Å². The molecule has 75 valence electrons. The molecule has 1 radical (unpaired) electrons. The van der Waals surface area contributed by atoms with Crippen LogP contribution in [0.2, 0.25) is 0 Å². The molecule has 0 N–H and O–H groups in total. The Balaban J connectivity index is 4.30. The standard InChI is InChI=1S/C9H17N2O2/c1-5-10(4)9(13)8(3)11(6-2)7-12/h8H,5-6H2,1-4H3. The molecule has 0 aliphatic heterocycles. The van der Waals surface area contributed by atoms with Crippen molar-refractivity contribution in [3.63, 3.8) is 0 Å². The minimum Gasteiger partial charge on any atom is -0.344 e. The second-order valence-electron chi connectivity index (χ2n) is 2.91. The lowest BCUT2D eigenvalue weighted by Gasteiger charge is -2.25. The molecule has 0 aliphatic rings. The summed E-state index contributed by atoms with van der Waals surface area (Å²) in [6.45, 7) is 6.59. The van der Waals surface area contributed by atoms with Crippen LogP contribution in [0.15, 0.2) is 0 Å². The second kappa shape index (κ2) is 5.56. The highest BCUT2D eigenvalue weighted by molar-refractivity contribution is 5.83. The maximum atomic E-state index is 11.5. The Morgan fingerprint density at radius 2 is 1.92 bits per heavy atom. The van der Waals surface area contributed by atoms with Crippen LogP contribution in [0.4, 0.5) is 0 Å². The summed E-state index contributed by atoms with van der Waals surface area (Å²) >= 11 is 0. The minimum atomic E-state index is -0.410. The molecule has 0 saturated heterocycles. The first-order chi connectivity index (χ1) is 6.08. The van der Waals surface area contributed by atoms with Crippen molar-refractivity contribution in [1.82, 2.24) is 9.80 Å². The molecule has 0 saturated carbocycles. The molecule has 0 aromatic carbocycles. The number of hydrogen-bond acceptors (Lipinski definition) is 2. The van der Waals surface area contributed by atoms with E-state index in [-0.39, 0.29) is 5.91 Å². The van der Waals surface area contributed by atoms with Gasteiger partial charge in [-0.1, -0.05) is 0 Å². The first-order valence-electron chi connectivity index (χ1n) is 4.47. The number of rotatable bonds is 5. The summed E-state index contributed by atoms with van der Waals surface area (Å²) in [5, 5.41) is 0. The lowest BCUT2D eigenvalue weighted by atomic mass is 10.2. The van der Waals surface area contributed by atoms with Crippen LogP contribution in [0.5, 0.6) is 0 Å². The third-order valence-electron chi connectivity index (χ3n) is 2.13. The first kappa shape index (κ1) is 11.9. The Morgan fingerprint density at radius 1 is 1.38 bits per heavy atom. The van der Waals surface area contributed by atoms with Crippen LogP contribution in [0.1, 0.15) is 20.8 Å². The molecule has 2 amide bonds. The topological polar surface area (TPSA) is 40.6 Å². The molecule has 0 bridgehead atoms. The van der Waals surface area contributed by atoms with Gasteiger partial charge in [0.2, 0.25) is 5.91 Å². The molecule has 13 heavy (non-hydrogen) atoms. The van der Waals surface area contributed by atoms with E-state index in [2.05, 4.69) is 0 Å². The summed E-state index contributed by atoms with van der Waals surface area (Å²) < 4.78 is 0. The maximum Gasteiger partial charge on any atom is 0.312 e. The van der Waals surface area contributed by atoms with Crippen molar-refractivity contribution in [3.05, 3.63) is 0 Å². The van der Waals surface area contributed by atoms with Gasteiger partial charge in [-0.25, -0.2) is 0 Å². The van der Waals surface area contributed by atoms with Crippen LogP contribution in [-0.4, -0.2) is 48.3 Å². The van der Waals surface area contributed by atoms with E-state index >= 15 is 0 Å². The summed E-state index contributed by atoms with van der Waals surface area (Å²) in [6, 6.07) is -0.410. The summed E-state index contributed by atoms with van der Waals surface area (Å²) in [4.78, 5) is 24.9. The van der Waals surface area contributed by atoms with Gasteiger partial charge in [0.15, 0.2) is 0 Å². The van der Waals surface area contributed by atoms with E-state index in [0.29, 0.717) is 13.1 Å².